The summed E-state index contributed by atoms with van der Waals surface area (Å²) in [7, 11) is 1.59. The van der Waals surface area contributed by atoms with Gasteiger partial charge in [-0.1, -0.05) is 25.5 Å². The van der Waals surface area contributed by atoms with Crippen LogP contribution in [0, 0.1) is 0 Å². The summed E-state index contributed by atoms with van der Waals surface area (Å²) in [5, 5.41) is 11.3. The molecule has 2 heterocycles. The maximum atomic E-state index is 13.2. The summed E-state index contributed by atoms with van der Waals surface area (Å²) in [6.07, 6.45) is 2.55. The van der Waals surface area contributed by atoms with Crippen LogP contribution >= 0.6 is 0 Å². The van der Waals surface area contributed by atoms with Gasteiger partial charge in [0.25, 0.3) is 11.7 Å². The van der Waals surface area contributed by atoms with Crippen molar-refractivity contribution in [2.75, 3.05) is 40.1 Å². The van der Waals surface area contributed by atoms with Crippen molar-refractivity contribution < 1.29 is 33.6 Å². The van der Waals surface area contributed by atoms with E-state index in [1.54, 1.807) is 25.3 Å². The Kier molecular flexibility index (Phi) is 7.92. The van der Waals surface area contributed by atoms with Crippen molar-refractivity contribution in [1.82, 2.24) is 4.90 Å². The number of ether oxygens (including phenoxy) is 4. The molecule has 0 aromatic heterocycles. The fraction of sp³-hybridized carbons (Fsp3) is 0.407. The lowest BCUT2D eigenvalue weighted by Crippen LogP contribution is -2.31. The number of carbonyl (C=O) groups excluding carboxylic acids is 2. The number of carbonyl (C=O) groups is 2. The van der Waals surface area contributed by atoms with Gasteiger partial charge in [-0.15, -0.1) is 0 Å². The Hall–Kier alpha value is -3.52. The van der Waals surface area contributed by atoms with Crippen LogP contribution in [0.15, 0.2) is 48.0 Å². The molecule has 0 bridgehead atoms. The van der Waals surface area contributed by atoms with Crippen molar-refractivity contribution in [2.45, 2.75) is 32.2 Å². The number of unbranched alkanes of at least 4 members (excludes halogenated alkanes) is 1. The maximum absolute atomic E-state index is 13.2. The Bertz CT molecular complexity index is 1090. The zero-order valence-electron chi connectivity index (χ0n) is 20.1. The molecular formula is C27H31NO7. The third-order valence-corrected chi connectivity index (χ3v) is 6.07. The van der Waals surface area contributed by atoms with E-state index in [4.69, 9.17) is 18.9 Å². The number of ketones is 1. The first-order chi connectivity index (χ1) is 17.0. The summed E-state index contributed by atoms with van der Waals surface area (Å²) in [6.45, 7) is 4.32. The first-order valence-corrected chi connectivity index (χ1v) is 11.9. The van der Waals surface area contributed by atoms with Crippen molar-refractivity contribution in [3.05, 3.63) is 59.2 Å². The van der Waals surface area contributed by atoms with Crippen LogP contribution in [0.5, 0.6) is 17.2 Å². The lowest BCUT2D eigenvalue weighted by atomic mass is 9.95. The minimum atomic E-state index is -0.732. The number of fused-ring (bicyclic) bond motifs is 1. The molecule has 1 atom stereocenters. The van der Waals surface area contributed by atoms with Gasteiger partial charge in [0.2, 0.25) is 0 Å². The molecule has 1 fully saturated rings. The van der Waals surface area contributed by atoms with Crippen LogP contribution in [0.4, 0.5) is 0 Å². The molecule has 0 radical (unpaired) electrons. The Morgan fingerprint density at radius 2 is 1.77 bits per heavy atom. The predicted molar refractivity (Wildman–Crippen MR) is 130 cm³/mol. The fourth-order valence-corrected chi connectivity index (χ4v) is 4.26. The van der Waals surface area contributed by atoms with E-state index in [-0.39, 0.29) is 11.3 Å². The van der Waals surface area contributed by atoms with Gasteiger partial charge in [0.1, 0.15) is 24.7 Å². The molecule has 0 aliphatic carbocycles. The maximum Gasteiger partial charge on any atom is 0.295 e. The molecule has 8 nitrogen and oxygen atoms in total. The smallest absolute Gasteiger partial charge is 0.295 e. The summed E-state index contributed by atoms with van der Waals surface area (Å²) in [6, 6.07) is 11.6. The second kappa shape index (κ2) is 11.3. The number of rotatable bonds is 10. The molecular weight excluding hydrogens is 450 g/mol. The Labute approximate surface area is 205 Å². The number of likely N-dealkylation sites (tertiary alicyclic amines) is 1. The monoisotopic (exact) mass is 481 g/mol. The molecule has 2 aliphatic heterocycles. The molecule has 186 valence electrons. The highest BCUT2D eigenvalue weighted by Crippen LogP contribution is 2.41. The molecule has 0 saturated carbocycles. The second-order valence-electron chi connectivity index (χ2n) is 8.47. The number of aliphatic hydroxyl groups is 1. The summed E-state index contributed by atoms with van der Waals surface area (Å²) >= 11 is 0. The van der Waals surface area contributed by atoms with E-state index in [0.717, 1.165) is 12.8 Å². The van der Waals surface area contributed by atoms with Crippen LogP contribution in [0.3, 0.4) is 0 Å². The zero-order valence-corrected chi connectivity index (χ0v) is 20.1. The molecule has 2 aromatic rings. The van der Waals surface area contributed by atoms with Gasteiger partial charge < -0.3 is 29.0 Å². The molecule has 1 saturated heterocycles. The summed E-state index contributed by atoms with van der Waals surface area (Å²) < 4.78 is 22.1. The molecule has 4 rings (SSSR count). The van der Waals surface area contributed by atoms with Crippen LogP contribution in [-0.4, -0.2) is 61.8 Å². The van der Waals surface area contributed by atoms with Crippen LogP contribution in [0.1, 0.15) is 43.4 Å². The molecule has 1 N–H and O–H groups in total. The van der Waals surface area contributed by atoms with Crippen LogP contribution in [0.2, 0.25) is 0 Å². The highest BCUT2D eigenvalue weighted by atomic mass is 16.6. The lowest BCUT2D eigenvalue weighted by Gasteiger charge is -2.25. The van der Waals surface area contributed by atoms with Crippen LogP contribution < -0.4 is 14.2 Å². The highest BCUT2D eigenvalue weighted by Gasteiger charge is 2.45. The SMILES string of the molecule is CCCCOc1ccc(C2C(=C(O)c3ccc4c(c3)OCCO4)C(=O)C(=O)N2CCCOC)cc1. The average molecular weight is 482 g/mol. The summed E-state index contributed by atoms with van der Waals surface area (Å²) in [4.78, 5) is 27.7. The normalized spacial score (nSPS) is 18.7. The number of aliphatic hydroxyl groups excluding tert-OH is 1. The first-order valence-electron chi connectivity index (χ1n) is 11.9. The van der Waals surface area contributed by atoms with Crippen molar-refractivity contribution in [2.24, 2.45) is 0 Å². The van der Waals surface area contributed by atoms with Gasteiger partial charge in [-0.2, -0.15) is 0 Å². The average Bonchev–Trinajstić information content (AvgIpc) is 3.14. The predicted octanol–water partition coefficient (Wildman–Crippen LogP) is 4.09. The third kappa shape index (κ3) is 5.27. The lowest BCUT2D eigenvalue weighted by molar-refractivity contribution is -0.140. The van der Waals surface area contributed by atoms with E-state index in [1.165, 1.54) is 4.90 Å². The van der Waals surface area contributed by atoms with Crippen LogP contribution in [-0.2, 0) is 14.3 Å². The van der Waals surface area contributed by atoms with E-state index in [2.05, 4.69) is 6.92 Å². The van der Waals surface area contributed by atoms with E-state index in [0.29, 0.717) is 67.8 Å². The summed E-state index contributed by atoms with van der Waals surface area (Å²) in [5.74, 6) is 0.160. The fourth-order valence-electron chi connectivity index (χ4n) is 4.26. The summed E-state index contributed by atoms with van der Waals surface area (Å²) in [5.41, 5.74) is 1.14. The molecule has 8 heteroatoms. The van der Waals surface area contributed by atoms with Gasteiger partial charge in [-0.3, -0.25) is 9.59 Å². The van der Waals surface area contributed by atoms with Crippen molar-refractivity contribution in [3.63, 3.8) is 0 Å². The molecule has 0 spiro atoms. The third-order valence-electron chi connectivity index (χ3n) is 6.07. The Balaban J connectivity index is 1.72. The van der Waals surface area contributed by atoms with Crippen LogP contribution in [0.25, 0.3) is 5.76 Å². The number of hydrogen-bond donors (Lipinski definition) is 1. The van der Waals surface area contributed by atoms with Gasteiger partial charge in [-0.05, 0) is 48.7 Å². The standard InChI is InChI=1S/C27H31NO7/c1-3-4-14-33-20-9-6-18(7-10-20)24-23(26(30)27(31)28(24)12-5-13-32-2)25(29)19-8-11-21-22(17-19)35-16-15-34-21/h6-11,17,24,29H,3-5,12-16H2,1-2H3. The zero-order chi connectivity index (χ0) is 24.8. The Morgan fingerprint density at radius 1 is 1.03 bits per heavy atom. The molecule has 2 aromatic carbocycles. The number of hydrogen-bond acceptors (Lipinski definition) is 7. The number of Topliss-reactive ketones (excluding diaryl/α,β-unsaturated/α-hetero) is 1. The number of amides is 1. The molecule has 2 aliphatic rings. The van der Waals surface area contributed by atoms with E-state index >= 15 is 0 Å². The van der Waals surface area contributed by atoms with E-state index in [1.807, 2.05) is 24.3 Å². The highest BCUT2D eigenvalue weighted by molar-refractivity contribution is 6.46. The first kappa shape index (κ1) is 24.6. The van der Waals surface area contributed by atoms with Gasteiger partial charge >= 0.3 is 0 Å². The largest absolute Gasteiger partial charge is 0.507 e. The molecule has 1 amide bonds. The minimum Gasteiger partial charge on any atom is -0.507 e. The minimum absolute atomic E-state index is 0.0451. The topological polar surface area (TPSA) is 94.5 Å². The van der Waals surface area contributed by atoms with E-state index < -0.39 is 17.7 Å². The van der Waals surface area contributed by atoms with Gasteiger partial charge in [0, 0.05) is 25.8 Å². The van der Waals surface area contributed by atoms with Crippen molar-refractivity contribution >= 4 is 17.4 Å². The van der Waals surface area contributed by atoms with E-state index in [9.17, 15) is 14.7 Å². The number of methoxy groups -OCH3 is 1. The number of nitrogens with zero attached hydrogens (tertiary/aromatic N) is 1. The quantitative estimate of drug-likeness (QED) is 0.236. The molecule has 1 unspecified atom stereocenters. The van der Waals surface area contributed by atoms with Crippen molar-refractivity contribution in [1.29, 1.82) is 0 Å². The van der Waals surface area contributed by atoms with Crippen molar-refractivity contribution in [3.8, 4) is 17.2 Å². The number of benzene rings is 2. The Morgan fingerprint density at radius 3 is 2.49 bits per heavy atom. The van der Waals surface area contributed by atoms with Gasteiger partial charge in [0.05, 0.1) is 18.2 Å². The molecule has 35 heavy (non-hydrogen) atoms. The second-order valence-corrected chi connectivity index (χ2v) is 8.47. The van der Waals surface area contributed by atoms with Gasteiger partial charge in [0.15, 0.2) is 11.5 Å². The van der Waals surface area contributed by atoms with Gasteiger partial charge in [-0.25, -0.2) is 0 Å².